The van der Waals surface area contributed by atoms with E-state index in [1.807, 2.05) is 36.5 Å². The van der Waals surface area contributed by atoms with Crippen LogP contribution < -0.4 is 10.6 Å². The highest BCUT2D eigenvalue weighted by Crippen LogP contribution is 2.35. The number of hydrogen-bond donors (Lipinski definition) is 1. The Kier molecular flexibility index (Phi) is 3.64. The predicted octanol–water partition coefficient (Wildman–Crippen LogP) is 2.47. The van der Waals surface area contributed by atoms with Crippen molar-refractivity contribution >= 4 is 23.1 Å². The summed E-state index contributed by atoms with van der Waals surface area (Å²) in [5.41, 5.74) is 8.04. The largest absolute Gasteiger partial charge is 0.399 e. The molecule has 0 saturated heterocycles. The van der Waals surface area contributed by atoms with Crippen LogP contribution >= 0.6 is 11.8 Å². The van der Waals surface area contributed by atoms with Gasteiger partial charge in [0.05, 0.1) is 12.0 Å². The number of nitrogens with two attached hydrogens (primary N) is 1. The van der Waals surface area contributed by atoms with E-state index in [1.165, 1.54) is 10.6 Å². The van der Waals surface area contributed by atoms with Crippen molar-refractivity contribution in [2.75, 3.05) is 29.5 Å². The fourth-order valence-electron chi connectivity index (χ4n) is 2.39. The Balaban J connectivity index is 1.64. The zero-order valence-corrected chi connectivity index (χ0v) is 11.6. The summed E-state index contributed by atoms with van der Waals surface area (Å²) < 4.78 is 2.12. The minimum atomic E-state index is 0.848. The standard InChI is InChI=1S/C14H18N4S/c15-12-2-3-14-13(10-12)18(8-9-19-14)6-1-5-17-7-4-16-11-17/h2-4,7,10-11H,1,5-6,8-9,15H2. The molecule has 0 bridgehead atoms. The van der Waals surface area contributed by atoms with E-state index in [0.717, 1.165) is 37.5 Å². The Hall–Kier alpha value is -1.62. The van der Waals surface area contributed by atoms with Gasteiger partial charge in [-0.15, -0.1) is 11.8 Å². The molecule has 0 aliphatic carbocycles. The lowest BCUT2D eigenvalue weighted by molar-refractivity contribution is 0.625. The summed E-state index contributed by atoms with van der Waals surface area (Å²) in [6, 6.07) is 6.22. The van der Waals surface area contributed by atoms with Gasteiger partial charge in [-0.1, -0.05) is 0 Å². The zero-order valence-electron chi connectivity index (χ0n) is 10.8. The molecular formula is C14H18N4S. The van der Waals surface area contributed by atoms with Crippen LogP contribution in [-0.4, -0.2) is 28.4 Å². The molecule has 2 heterocycles. The number of nitrogens with zero attached hydrogens (tertiary/aromatic N) is 3. The van der Waals surface area contributed by atoms with Crippen molar-refractivity contribution in [2.45, 2.75) is 17.9 Å². The molecule has 1 aromatic carbocycles. The minimum absolute atomic E-state index is 0.848. The van der Waals surface area contributed by atoms with Gasteiger partial charge in [-0.2, -0.15) is 0 Å². The Bertz CT molecular complexity index is 538. The highest BCUT2D eigenvalue weighted by molar-refractivity contribution is 7.99. The zero-order chi connectivity index (χ0) is 13.1. The molecule has 0 radical (unpaired) electrons. The summed E-state index contributed by atoms with van der Waals surface area (Å²) in [4.78, 5) is 7.86. The van der Waals surface area contributed by atoms with Crippen LogP contribution in [0.15, 0.2) is 41.8 Å². The van der Waals surface area contributed by atoms with Crippen LogP contribution in [0, 0.1) is 0 Å². The maximum absolute atomic E-state index is 5.90. The van der Waals surface area contributed by atoms with Crippen LogP contribution in [0.3, 0.4) is 0 Å². The molecule has 19 heavy (non-hydrogen) atoms. The molecule has 4 nitrogen and oxygen atoms in total. The van der Waals surface area contributed by atoms with E-state index in [-0.39, 0.29) is 0 Å². The van der Waals surface area contributed by atoms with Crippen molar-refractivity contribution in [2.24, 2.45) is 0 Å². The highest BCUT2D eigenvalue weighted by atomic mass is 32.2. The van der Waals surface area contributed by atoms with Crippen LogP contribution in [0.4, 0.5) is 11.4 Å². The van der Waals surface area contributed by atoms with Gasteiger partial charge < -0.3 is 15.2 Å². The smallest absolute Gasteiger partial charge is 0.0945 e. The normalized spacial score (nSPS) is 14.4. The first-order valence-corrected chi connectivity index (χ1v) is 7.54. The first-order valence-electron chi connectivity index (χ1n) is 6.56. The second-order valence-corrected chi connectivity index (χ2v) is 5.85. The summed E-state index contributed by atoms with van der Waals surface area (Å²) in [5.74, 6) is 1.15. The van der Waals surface area contributed by atoms with E-state index < -0.39 is 0 Å². The average Bonchev–Trinajstić information content (AvgIpc) is 2.92. The van der Waals surface area contributed by atoms with Crippen molar-refractivity contribution < 1.29 is 0 Å². The van der Waals surface area contributed by atoms with Crippen LogP contribution in [0.5, 0.6) is 0 Å². The maximum Gasteiger partial charge on any atom is 0.0945 e. The second kappa shape index (κ2) is 5.57. The first-order chi connectivity index (χ1) is 9.33. The predicted molar refractivity (Wildman–Crippen MR) is 80.6 cm³/mol. The van der Waals surface area contributed by atoms with Crippen molar-refractivity contribution in [1.82, 2.24) is 9.55 Å². The third kappa shape index (κ3) is 2.87. The van der Waals surface area contributed by atoms with E-state index in [4.69, 9.17) is 5.73 Å². The fraction of sp³-hybridized carbons (Fsp3) is 0.357. The summed E-state index contributed by atoms with van der Waals surface area (Å²) in [6.07, 6.45) is 6.83. The quantitative estimate of drug-likeness (QED) is 0.870. The van der Waals surface area contributed by atoms with E-state index >= 15 is 0 Å². The molecule has 100 valence electrons. The summed E-state index contributed by atoms with van der Waals surface area (Å²) in [7, 11) is 0. The number of rotatable bonds is 4. The number of hydrogen-bond acceptors (Lipinski definition) is 4. The number of imidazole rings is 1. The van der Waals surface area contributed by atoms with Crippen molar-refractivity contribution in [3.8, 4) is 0 Å². The Morgan fingerprint density at radius 1 is 1.32 bits per heavy atom. The molecule has 0 atom stereocenters. The molecule has 0 unspecified atom stereocenters. The lowest BCUT2D eigenvalue weighted by Crippen LogP contribution is -2.30. The lowest BCUT2D eigenvalue weighted by Gasteiger charge is -2.31. The molecule has 0 saturated carbocycles. The maximum atomic E-state index is 5.90. The summed E-state index contributed by atoms with van der Waals surface area (Å²) in [5, 5.41) is 0. The third-order valence-corrected chi connectivity index (χ3v) is 4.39. The molecule has 0 amide bonds. The van der Waals surface area contributed by atoms with Gasteiger partial charge in [0.25, 0.3) is 0 Å². The molecule has 1 aliphatic heterocycles. The van der Waals surface area contributed by atoms with Gasteiger partial charge in [0.1, 0.15) is 0 Å². The van der Waals surface area contributed by atoms with Crippen LogP contribution in [0.25, 0.3) is 0 Å². The van der Waals surface area contributed by atoms with Crippen molar-refractivity contribution in [1.29, 1.82) is 0 Å². The molecule has 0 spiro atoms. The van der Waals surface area contributed by atoms with E-state index in [9.17, 15) is 0 Å². The average molecular weight is 274 g/mol. The second-order valence-electron chi connectivity index (χ2n) is 4.72. The molecule has 5 heteroatoms. The number of nitrogen functional groups attached to an aromatic ring is 1. The van der Waals surface area contributed by atoms with E-state index in [2.05, 4.69) is 26.6 Å². The number of anilines is 2. The molecule has 2 N–H and O–H groups in total. The molecule has 3 rings (SSSR count). The van der Waals surface area contributed by atoms with Gasteiger partial charge in [-0.25, -0.2) is 4.98 Å². The van der Waals surface area contributed by atoms with E-state index in [1.54, 1.807) is 0 Å². The van der Waals surface area contributed by atoms with Gasteiger partial charge in [-0.05, 0) is 24.6 Å². The monoisotopic (exact) mass is 274 g/mol. The van der Waals surface area contributed by atoms with Gasteiger partial charge in [-0.3, -0.25) is 0 Å². The summed E-state index contributed by atoms with van der Waals surface area (Å²) >= 11 is 1.92. The van der Waals surface area contributed by atoms with Crippen molar-refractivity contribution in [3.63, 3.8) is 0 Å². The number of fused-ring (bicyclic) bond motifs is 1. The number of thioether (sulfide) groups is 1. The number of aryl methyl sites for hydroxylation is 1. The molecule has 1 aromatic heterocycles. The SMILES string of the molecule is Nc1ccc2c(c1)N(CCCn1ccnc1)CCS2. The molecule has 2 aromatic rings. The summed E-state index contributed by atoms with van der Waals surface area (Å²) in [6.45, 7) is 3.18. The molecular weight excluding hydrogens is 256 g/mol. The minimum Gasteiger partial charge on any atom is -0.399 e. The number of benzene rings is 1. The van der Waals surface area contributed by atoms with Gasteiger partial charge in [0.2, 0.25) is 0 Å². The Labute approximate surface area is 117 Å². The van der Waals surface area contributed by atoms with Crippen LogP contribution in [0.2, 0.25) is 0 Å². The van der Waals surface area contributed by atoms with E-state index in [0.29, 0.717) is 0 Å². The van der Waals surface area contributed by atoms with Crippen molar-refractivity contribution in [3.05, 3.63) is 36.9 Å². The Morgan fingerprint density at radius 2 is 2.26 bits per heavy atom. The lowest BCUT2D eigenvalue weighted by atomic mass is 10.2. The first kappa shape index (κ1) is 12.4. The molecule has 0 fully saturated rings. The third-order valence-electron chi connectivity index (χ3n) is 3.35. The Morgan fingerprint density at radius 3 is 3.11 bits per heavy atom. The highest BCUT2D eigenvalue weighted by Gasteiger charge is 2.16. The molecule has 1 aliphatic rings. The topological polar surface area (TPSA) is 47.1 Å². The van der Waals surface area contributed by atoms with Gasteiger partial charge in [0.15, 0.2) is 0 Å². The van der Waals surface area contributed by atoms with Gasteiger partial charge >= 0.3 is 0 Å². The van der Waals surface area contributed by atoms with Crippen LogP contribution in [0.1, 0.15) is 6.42 Å². The van der Waals surface area contributed by atoms with Crippen LogP contribution in [-0.2, 0) is 6.54 Å². The number of aromatic nitrogens is 2. The fourth-order valence-corrected chi connectivity index (χ4v) is 3.42. The van der Waals surface area contributed by atoms with Gasteiger partial charge in [0, 0.05) is 48.4 Å².